The van der Waals surface area contributed by atoms with Crippen molar-refractivity contribution in [3.05, 3.63) is 40.6 Å². The van der Waals surface area contributed by atoms with E-state index in [2.05, 4.69) is 15.3 Å². The fourth-order valence-electron chi connectivity index (χ4n) is 4.69. The molecule has 0 saturated carbocycles. The highest BCUT2D eigenvalue weighted by molar-refractivity contribution is 5.98. The molecule has 0 aliphatic carbocycles. The molecule has 0 spiro atoms. The van der Waals surface area contributed by atoms with E-state index in [0.717, 1.165) is 40.9 Å². The monoisotopic (exact) mass is 494 g/mol. The molecule has 0 unspecified atom stereocenters. The number of benzene rings is 1. The second-order valence-electron chi connectivity index (χ2n) is 9.19. The third-order valence-corrected chi connectivity index (χ3v) is 6.83. The van der Waals surface area contributed by atoms with E-state index in [9.17, 15) is 9.59 Å². The SMILES string of the molecule is COc1ccc(C(=O)N2CCN(C)CC2)cc1NC(=O)CCc1c(C)nc2c(c(OC)nn2C)c1C. The molecule has 3 heterocycles. The van der Waals surface area contributed by atoms with Gasteiger partial charge in [-0.25, -0.2) is 9.67 Å². The Balaban J connectivity index is 1.49. The van der Waals surface area contributed by atoms with Gasteiger partial charge in [-0.05, 0) is 56.6 Å². The first-order valence-corrected chi connectivity index (χ1v) is 12.1. The minimum Gasteiger partial charge on any atom is -0.495 e. The molecule has 1 N–H and O–H groups in total. The number of fused-ring (bicyclic) bond motifs is 1. The van der Waals surface area contributed by atoms with E-state index in [1.165, 1.54) is 0 Å². The molecule has 1 aliphatic heterocycles. The summed E-state index contributed by atoms with van der Waals surface area (Å²) in [6.07, 6.45) is 0.754. The molecule has 1 aromatic carbocycles. The predicted molar refractivity (Wildman–Crippen MR) is 138 cm³/mol. The topological polar surface area (TPSA) is 102 Å². The van der Waals surface area contributed by atoms with Gasteiger partial charge in [0.1, 0.15) is 5.75 Å². The number of carbonyl (C=O) groups is 2. The fourth-order valence-corrected chi connectivity index (χ4v) is 4.69. The van der Waals surface area contributed by atoms with Crippen LogP contribution in [0.2, 0.25) is 0 Å². The molecule has 3 aromatic rings. The van der Waals surface area contributed by atoms with Gasteiger partial charge in [0.2, 0.25) is 11.8 Å². The van der Waals surface area contributed by atoms with E-state index >= 15 is 0 Å². The van der Waals surface area contributed by atoms with Gasteiger partial charge in [0.05, 0.1) is 25.3 Å². The van der Waals surface area contributed by atoms with Crippen molar-refractivity contribution in [1.29, 1.82) is 0 Å². The average molecular weight is 495 g/mol. The van der Waals surface area contributed by atoms with Crippen LogP contribution >= 0.6 is 0 Å². The maximum Gasteiger partial charge on any atom is 0.254 e. The Morgan fingerprint density at radius 1 is 1.06 bits per heavy atom. The first-order valence-electron chi connectivity index (χ1n) is 12.1. The summed E-state index contributed by atoms with van der Waals surface area (Å²) < 4.78 is 12.6. The lowest BCUT2D eigenvalue weighted by atomic mass is 10.00. The van der Waals surface area contributed by atoms with E-state index in [1.54, 1.807) is 37.1 Å². The number of rotatable bonds is 7. The number of aromatic nitrogens is 3. The van der Waals surface area contributed by atoms with Crippen LogP contribution in [-0.4, -0.2) is 83.8 Å². The van der Waals surface area contributed by atoms with Gasteiger partial charge in [0.15, 0.2) is 5.65 Å². The van der Waals surface area contributed by atoms with Crippen molar-refractivity contribution in [3.8, 4) is 11.6 Å². The Hall–Kier alpha value is -3.66. The van der Waals surface area contributed by atoms with Crippen LogP contribution in [0.25, 0.3) is 11.0 Å². The third kappa shape index (κ3) is 4.99. The van der Waals surface area contributed by atoms with E-state index in [0.29, 0.717) is 42.4 Å². The smallest absolute Gasteiger partial charge is 0.254 e. The molecule has 1 saturated heterocycles. The maximum atomic E-state index is 13.0. The summed E-state index contributed by atoms with van der Waals surface area (Å²) in [7, 11) is 7.01. The lowest BCUT2D eigenvalue weighted by Crippen LogP contribution is -2.47. The number of anilines is 1. The Bertz CT molecular complexity index is 1290. The summed E-state index contributed by atoms with van der Waals surface area (Å²) in [4.78, 5) is 34.7. The number of carbonyl (C=O) groups excluding carboxylic acids is 2. The van der Waals surface area contributed by atoms with Crippen molar-refractivity contribution >= 4 is 28.5 Å². The second-order valence-corrected chi connectivity index (χ2v) is 9.19. The predicted octanol–water partition coefficient (Wildman–Crippen LogP) is 2.56. The number of nitrogens with one attached hydrogen (secondary N) is 1. The first kappa shape index (κ1) is 25.4. The number of aryl methyl sites for hydroxylation is 3. The molecule has 1 aliphatic rings. The Morgan fingerprint density at radius 3 is 2.44 bits per heavy atom. The van der Waals surface area contributed by atoms with E-state index in [1.807, 2.05) is 32.8 Å². The Morgan fingerprint density at radius 2 is 1.78 bits per heavy atom. The van der Waals surface area contributed by atoms with Gasteiger partial charge >= 0.3 is 0 Å². The van der Waals surface area contributed by atoms with Crippen molar-refractivity contribution < 1.29 is 19.1 Å². The average Bonchev–Trinajstić information content (AvgIpc) is 3.19. The fraction of sp³-hybridized carbons (Fsp3) is 0.462. The van der Waals surface area contributed by atoms with Crippen LogP contribution in [0.4, 0.5) is 5.69 Å². The van der Waals surface area contributed by atoms with Crippen molar-refractivity contribution in [2.75, 3.05) is 52.8 Å². The van der Waals surface area contributed by atoms with Crippen molar-refractivity contribution in [3.63, 3.8) is 0 Å². The number of hydrogen-bond donors (Lipinski definition) is 1. The molecule has 0 radical (unpaired) electrons. The zero-order valence-electron chi connectivity index (χ0n) is 21.8. The molecule has 10 heteroatoms. The number of likely N-dealkylation sites (N-methyl/N-ethyl adjacent to an activating group) is 1. The van der Waals surface area contributed by atoms with Gasteiger partial charge in [-0.15, -0.1) is 5.10 Å². The van der Waals surface area contributed by atoms with Gasteiger partial charge in [-0.3, -0.25) is 9.59 Å². The zero-order chi connectivity index (χ0) is 26.0. The van der Waals surface area contributed by atoms with Crippen LogP contribution < -0.4 is 14.8 Å². The summed E-state index contributed by atoms with van der Waals surface area (Å²) in [5.74, 6) is 0.815. The molecular weight excluding hydrogens is 460 g/mol. The standard InChI is InChI=1S/C26H34N6O4/c1-16-19(17(2)27-24-23(16)25(36-6)29-31(24)4)8-10-22(33)28-20-15-18(7-9-21(20)35-5)26(34)32-13-11-30(3)12-14-32/h7,9,15H,8,10-14H2,1-6H3,(H,28,33). The van der Waals surface area contributed by atoms with Gasteiger partial charge in [-0.1, -0.05) is 0 Å². The molecule has 1 fully saturated rings. The lowest BCUT2D eigenvalue weighted by molar-refractivity contribution is -0.116. The number of piperazine rings is 1. The largest absolute Gasteiger partial charge is 0.495 e. The normalized spacial score (nSPS) is 14.2. The van der Waals surface area contributed by atoms with Crippen molar-refractivity contribution in [1.82, 2.24) is 24.6 Å². The summed E-state index contributed by atoms with van der Waals surface area (Å²) in [6, 6.07) is 5.16. The molecule has 36 heavy (non-hydrogen) atoms. The third-order valence-electron chi connectivity index (χ3n) is 6.83. The van der Waals surface area contributed by atoms with E-state index < -0.39 is 0 Å². The van der Waals surface area contributed by atoms with Crippen molar-refractivity contribution in [2.45, 2.75) is 26.7 Å². The molecule has 2 aromatic heterocycles. The van der Waals surface area contributed by atoms with Gasteiger partial charge < -0.3 is 24.6 Å². The van der Waals surface area contributed by atoms with Gasteiger partial charge in [0, 0.05) is 50.9 Å². The van der Waals surface area contributed by atoms with Crippen LogP contribution in [0.5, 0.6) is 11.6 Å². The number of ether oxygens (including phenoxy) is 2. The maximum absolute atomic E-state index is 13.0. The highest BCUT2D eigenvalue weighted by Gasteiger charge is 2.22. The van der Waals surface area contributed by atoms with E-state index in [-0.39, 0.29) is 18.2 Å². The summed E-state index contributed by atoms with van der Waals surface area (Å²) >= 11 is 0. The number of hydrogen-bond acceptors (Lipinski definition) is 7. The minimum absolute atomic E-state index is 0.0442. The quantitative estimate of drug-likeness (QED) is 0.539. The van der Waals surface area contributed by atoms with Gasteiger partial charge in [0.25, 0.3) is 5.91 Å². The van der Waals surface area contributed by atoms with Crippen LogP contribution in [0.3, 0.4) is 0 Å². The molecular formula is C26H34N6O4. The number of nitrogens with zero attached hydrogens (tertiary/aromatic N) is 5. The summed E-state index contributed by atoms with van der Waals surface area (Å²) in [5, 5.41) is 8.18. The van der Waals surface area contributed by atoms with E-state index in [4.69, 9.17) is 14.5 Å². The van der Waals surface area contributed by atoms with Crippen LogP contribution in [0.1, 0.15) is 33.6 Å². The van der Waals surface area contributed by atoms with Crippen LogP contribution in [-0.2, 0) is 18.3 Å². The zero-order valence-corrected chi connectivity index (χ0v) is 21.8. The molecule has 192 valence electrons. The number of pyridine rings is 1. The van der Waals surface area contributed by atoms with Crippen molar-refractivity contribution in [2.24, 2.45) is 7.05 Å². The summed E-state index contributed by atoms with van der Waals surface area (Å²) in [6.45, 7) is 7.00. The molecule has 2 amide bonds. The lowest BCUT2D eigenvalue weighted by Gasteiger charge is -2.32. The minimum atomic E-state index is -0.172. The Kier molecular flexibility index (Phi) is 7.44. The molecule has 4 rings (SSSR count). The highest BCUT2D eigenvalue weighted by Crippen LogP contribution is 2.31. The number of amides is 2. The summed E-state index contributed by atoms with van der Waals surface area (Å²) in [5.41, 5.74) is 4.62. The highest BCUT2D eigenvalue weighted by atomic mass is 16.5. The van der Waals surface area contributed by atoms with Crippen LogP contribution in [0.15, 0.2) is 18.2 Å². The van der Waals surface area contributed by atoms with Gasteiger partial charge in [-0.2, -0.15) is 0 Å². The molecule has 0 atom stereocenters. The molecule has 10 nitrogen and oxygen atoms in total. The Labute approximate surface area is 211 Å². The van der Waals surface area contributed by atoms with Crippen LogP contribution in [0, 0.1) is 13.8 Å². The number of methoxy groups -OCH3 is 2. The molecule has 0 bridgehead atoms. The second kappa shape index (κ2) is 10.5. The first-order chi connectivity index (χ1) is 17.2.